The monoisotopic (exact) mass is 690 g/mol. The highest BCUT2D eigenvalue weighted by molar-refractivity contribution is 7.94. The highest BCUT2D eigenvalue weighted by Crippen LogP contribution is 2.48. The van der Waals surface area contributed by atoms with E-state index in [1.807, 2.05) is 4.90 Å². The summed E-state index contributed by atoms with van der Waals surface area (Å²) >= 11 is 5.90. The Morgan fingerprint density at radius 3 is 2.18 bits per heavy atom. The second-order valence-electron chi connectivity index (χ2n) is 11.5. The van der Waals surface area contributed by atoms with Crippen LogP contribution >= 0.6 is 11.6 Å². The van der Waals surface area contributed by atoms with Crippen molar-refractivity contribution in [3.8, 4) is 11.5 Å². The molecule has 0 bridgehead atoms. The molecule has 1 aliphatic heterocycles. The van der Waals surface area contributed by atoms with Gasteiger partial charge in [-0.1, -0.05) is 17.7 Å². The third-order valence-electron chi connectivity index (χ3n) is 7.81. The molecule has 45 heavy (non-hydrogen) atoms. The van der Waals surface area contributed by atoms with Crippen LogP contribution in [0.5, 0.6) is 11.5 Å². The van der Waals surface area contributed by atoms with Crippen molar-refractivity contribution in [2.45, 2.75) is 74.4 Å². The Morgan fingerprint density at radius 1 is 1.00 bits per heavy atom. The first-order valence-electron chi connectivity index (χ1n) is 13.9. The summed E-state index contributed by atoms with van der Waals surface area (Å²) in [6, 6.07) is 5.38. The number of halogens is 9. The Labute approximate surface area is 258 Å². The Balaban J connectivity index is 1.27. The molecule has 2 saturated carbocycles. The molecule has 0 spiro atoms. The van der Waals surface area contributed by atoms with E-state index in [0.717, 1.165) is 12.1 Å². The van der Waals surface area contributed by atoms with Gasteiger partial charge in [-0.2, -0.15) is 17.5 Å². The predicted octanol–water partition coefficient (Wildman–Crippen LogP) is 7.03. The fourth-order valence-corrected chi connectivity index (χ4v) is 7.14. The third-order valence-corrected chi connectivity index (χ3v) is 10.3. The molecule has 2 aromatic rings. The predicted molar refractivity (Wildman–Crippen MR) is 146 cm³/mol. The molecule has 0 aromatic heterocycles. The molecule has 0 atom stereocenters. The van der Waals surface area contributed by atoms with Gasteiger partial charge in [0.25, 0.3) is 0 Å². The Hall–Kier alpha value is -2.85. The van der Waals surface area contributed by atoms with E-state index in [1.165, 1.54) is 12.1 Å². The van der Waals surface area contributed by atoms with Gasteiger partial charge >= 0.3 is 18.4 Å². The van der Waals surface area contributed by atoms with Crippen LogP contribution in [0.4, 0.5) is 40.8 Å². The van der Waals surface area contributed by atoms with Crippen LogP contribution in [-0.4, -0.2) is 62.4 Å². The van der Waals surface area contributed by atoms with Crippen LogP contribution in [0.15, 0.2) is 30.3 Å². The molecule has 1 amide bonds. The van der Waals surface area contributed by atoms with E-state index in [2.05, 4.69) is 4.74 Å². The molecule has 5 rings (SSSR count). The SMILES string of the molecule is O=C(N(c1cc(C2CC2)c(OCC2(F)CCN(Cc3ccc(OC(F)(F)F)c(Cl)c3)CC2)cc1F)S(=O)(=O)C1CC1)C(F)(F)F. The van der Waals surface area contributed by atoms with Gasteiger partial charge in [-0.3, -0.25) is 9.69 Å². The molecule has 248 valence electrons. The van der Waals surface area contributed by atoms with E-state index >= 15 is 8.78 Å². The number of nitrogens with zero attached hydrogens (tertiary/aromatic N) is 2. The van der Waals surface area contributed by atoms with Gasteiger partial charge in [-0.05, 0) is 73.8 Å². The molecule has 17 heteroatoms. The first kappa shape index (κ1) is 33.5. The number of piperidine rings is 1. The number of hydrogen-bond acceptors (Lipinski definition) is 6. The van der Waals surface area contributed by atoms with Crippen molar-refractivity contribution >= 4 is 33.2 Å². The van der Waals surface area contributed by atoms with Crippen LogP contribution < -0.4 is 13.8 Å². The summed E-state index contributed by atoms with van der Waals surface area (Å²) in [6.45, 7) is 0.196. The van der Waals surface area contributed by atoms with Gasteiger partial charge in [0.15, 0.2) is 5.82 Å². The normalized spacial score (nSPS) is 19.3. The third kappa shape index (κ3) is 7.94. The number of rotatable bonds is 10. The number of benzene rings is 2. The smallest absolute Gasteiger partial charge is 0.490 e. The average molecular weight is 691 g/mol. The maximum absolute atomic E-state index is 15.7. The van der Waals surface area contributed by atoms with Crippen LogP contribution in [-0.2, 0) is 21.4 Å². The second-order valence-corrected chi connectivity index (χ2v) is 13.9. The number of amides is 1. The number of alkyl halides is 7. The minimum Gasteiger partial charge on any atom is -0.490 e. The molecular formula is C28H27ClF8N2O5S. The first-order valence-corrected chi connectivity index (χ1v) is 15.8. The van der Waals surface area contributed by atoms with Gasteiger partial charge < -0.3 is 9.47 Å². The number of anilines is 1. The molecule has 0 N–H and O–H groups in total. The summed E-state index contributed by atoms with van der Waals surface area (Å²) < 4.78 is 143. The van der Waals surface area contributed by atoms with Crippen molar-refractivity contribution in [3.05, 3.63) is 52.3 Å². The zero-order chi connectivity index (χ0) is 32.9. The van der Waals surface area contributed by atoms with Gasteiger partial charge in [0.2, 0.25) is 10.0 Å². The van der Waals surface area contributed by atoms with Gasteiger partial charge in [0.05, 0.1) is 16.0 Å². The molecular weight excluding hydrogens is 664 g/mol. The van der Waals surface area contributed by atoms with Crippen LogP contribution in [0, 0.1) is 5.82 Å². The Bertz CT molecular complexity index is 1550. The summed E-state index contributed by atoms with van der Waals surface area (Å²) in [5.41, 5.74) is -2.18. The van der Waals surface area contributed by atoms with Crippen molar-refractivity contribution < 1.29 is 57.8 Å². The molecule has 1 heterocycles. The number of carbonyl (C=O) groups excluding carboxylic acids is 1. The molecule has 3 aliphatic rings. The summed E-state index contributed by atoms with van der Waals surface area (Å²) in [6.07, 6.45) is -9.37. The number of sulfonamides is 1. The fraction of sp³-hybridized carbons (Fsp3) is 0.536. The van der Waals surface area contributed by atoms with Gasteiger partial charge in [-0.15, -0.1) is 13.2 Å². The highest BCUT2D eigenvalue weighted by atomic mass is 35.5. The van der Waals surface area contributed by atoms with Crippen LogP contribution in [0.3, 0.4) is 0 Å². The van der Waals surface area contributed by atoms with E-state index in [0.29, 0.717) is 24.5 Å². The molecule has 2 aromatic carbocycles. The zero-order valence-electron chi connectivity index (χ0n) is 23.4. The highest BCUT2D eigenvalue weighted by Gasteiger charge is 2.53. The van der Waals surface area contributed by atoms with Crippen molar-refractivity contribution in [1.82, 2.24) is 4.90 Å². The quantitative estimate of drug-likeness (QED) is 0.250. The van der Waals surface area contributed by atoms with Crippen molar-refractivity contribution in [3.63, 3.8) is 0 Å². The van der Waals surface area contributed by atoms with Crippen LogP contribution in [0.1, 0.15) is 55.6 Å². The molecule has 3 fully saturated rings. The standard InChI is InChI=1S/C28H27ClF8N2O5S/c29-20-11-16(1-6-23(20)44-28(35,36)37)14-38-9-7-26(31,8-10-38)15-43-24-13-21(30)22(12-19(24)17-2-3-17)39(25(40)27(32,33)34)45(41,42)18-4-5-18/h1,6,11-13,17-18H,2-5,7-10,14-15H2. The maximum Gasteiger partial charge on any atom is 0.573 e. The maximum atomic E-state index is 15.7. The number of hydrogen-bond donors (Lipinski definition) is 0. The molecule has 0 radical (unpaired) electrons. The minimum atomic E-state index is -5.59. The second kappa shape index (κ2) is 12.1. The topological polar surface area (TPSA) is 76.2 Å². The van der Waals surface area contributed by atoms with E-state index < -0.39 is 67.6 Å². The van der Waals surface area contributed by atoms with Gasteiger partial charge in [0.1, 0.15) is 23.8 Å². The lowest BCUT2D eigenvalue weighted by Crippen LogP contribution is -2.47. The van der Waals surface area contributed by atoms with Gasteiger partial charge in [0, 0.05) is 25.7 Å². The fourth-order valence-electron chi connectivity index (χ4n) is 5.12. The van der Waals surface area contributed by atoms with Crippen LogP contribution in [0.2, 0.25) is 5.02 Å². The number of likely N-dealkylation sites (tertiary alicyclic amines) is 1. The largest absolute Gasteiger partial charge is 0.573 e. The van der Waals surface area contributed by atoms with Crippen LogP contribution in [0.25, 0.3) is 0 Å². The van der Waals surface area contributed by atoms with E-state index in [-0.39, 0.29) is 67.6 Å². The molecule has 2 aliphatic carbocycles. The Kier molecular flexibility index (Phi) is 8.98. The van der Waals surface area contributed by atoms with E-state index in [9.17, 15) is 39.6 Å². The molecule has 7 nitrogen and oxygen atoms in total. The van der Waals surface area contributed by atoms with Crippen molar-refractivity contribution in [2.24, 2.45) is 0 Å². The number of carbonyl (C=O) groups is 1. The van der Waals surface area contributed by atoms with E-state index in [4.69, 9.17) is 16.3 Å². The lowest BCUT2D eigenvalue weighted by Gasteiger charge is -2.36. The number of ether oxygens (including phenoxy) is 2. The summed E-state index contributed by atoms with van der Waals surface area (Å²) in [7, 11) is -4.84. The molecule has 1 saturated heterocycles. The molecule has 0 unspecified atom stereocenters. The van der Waals surface area contributed by atoms with Crippen molar-refractivity contribution in [2.75, 3.05) is 24.0 Å². The zero-order valence-corrected chi connectivity index (χ0v) is 24.9. The summed E-state index contributed by atoms with van der Waals surface area (Å²) in [4.78, 5) is 14.0. The minimum absolute atomic E-state index is 0.0250. The lowest BCUT2D eigenvalue weighted by molar-refractivity contribution is -0.274. The summed E-state index contributed by atoms with van der Waals surface area (Å²) in [5.74, 6) is -5.18. The first-order chi connectivity index (χ1) is 20.9. The lowest BCUT2D eigenvalue weighted by atomic mass is 9.94. The summed E-state index contributed by atoms with van der Waals surface area (Å²) in [5, 5.41) is -1.48. The van der Waals surface area contributed by atoms with E-state index in [1.54, 1.807) is 0 Å². The average Bonchev–Trinajstić information content (AvgIpc) is 3.84. The van der Waals surface area contributed by atoms with Gasteiger partial charge in [-0.25, -0.2) is 17.2 Å². The van der Waals surface area contributed by atoms with Crippen molar-refractivity contribution in [1.29, 1.82) is 0 Å². The Morgan fingerprint density at radius 2 is 1.64 bits per heavy atom.